The summed E-state index contributed by atoms with van der Waals surface area (Å²) >= 11 is 11.2. The normalized spacial score (nSPS) is 11.6. The monoisotopic (exact) mass is 337 g/mol. The van der Waals surface area contributed by atoms with Crippen LogP contribution in [-0.2, 0) is 16.4 Å². The molecule has 0 atom stereocenters. The number of nitrogens with one attached hydrogen (secondary N) is 2. The molecule has 0 amide bonds. The summed E-state index contributed by atoms with van der Waals surface area (Å²) in [7, 11) is -4.04. The average Bonchev–Trinajstić information content (AvgIpc) is 2.82. The molecular formula is C11H10Cl2FN3O2S. The van der Waals surface area contributed by atoms with E-state index < -0.39 is 25.8 Å². The maximum atomic E-state index is 13.5. The molecule has 0 spiro atoms. The van der Waals surface area contributed by atoms with Crippen molar-refractivity contribution in [3.05, 3.63) is 39.8 Å². The molecule has 0 aliphatic heterocycles. The van der Waals surface area contributed by atoms with E-state index >= 15 is 0 Å². The number of aryl methyl sites for hydroxylation is 1. The lowest BCUT2D eigenvalue weighted by molar-refractivity contribution is 0.595. The highest BCUT2D eigenvalue weighted by atomic mass is 35.5. The van der Waals surface area contributed by atoms with E-state index in [4.69, 9.17) is 23.2 Å². The fraction of sp³-hybridized carbons (Fsp3) is 0.182. The van der Waals surface area contributed by atoms with Gasteiger partial charge in [0.05, 0.1) is 10.0 Å². The number of nitrogens with zero attached hydrogens (tertiary/aromatic N) is 1. The highest BCUT2D eigenvalue weighted by Crippen LogP contribution is 2.30. The number of anilines is 1. The largest absolute Gasteiger partial charge is 0.280 e. The van der Waals surface area contributed by atoms with Gasteiger partial charge in [-0.15, -0.1) is 0 Å². The first-order valence-electron chi connectivity index (χ1n) is 5.55. The molecule has 0 unspecified atom stereocenters. The fourth-order valence-corrected chi connectivity index (χ4v) is 3.24. The minimum absolute atomic E-state index is 0.105. The Morgan fingerprint density at radius 3 is 2.70 bits per heavy atom. The highest BCUT2D eigenvalue weighted by Gasteiger charge is 2.22. The second-order valence-electron chi connectivity index (χ2n) is 3.91. The summed E-state index contributed by atoms with van der Waals surface area (Å²) in [6.45, 7) is 1.89. The number of aromatic amines is 1. The molecule has 20 heavy (non-hydrogen) atoms. The fourth-order valence-electron chi connectivity index (χ4n) is 1.50. The van der Waals surface area contributed by atoms with E-state index in [0.717, 1.165) is 17.8 Å². The quantitative estimate of drug-likeness (QED) is 0.841. The number of hydrogen-bond donors (Lipinski definition) is 2. The third-order valence-corrected chi connectivity index (χ3v) is 4.71. The van der Waals surface area contributed by atoms with Gasteiger partial charge in [0.25, 0.3) is 10.0 Å². The van der Waals surface area contributed by atoms with Crippen LogP contribution in [0.5, 0.6) is 0 Å². The summed E-state index contributed by atoms with van der Waals surface area (Å²) in [6.07, 6.45) is 0.672. The van der Waals surface area contributed by atoms with Crippen molar-refractivity contribution < 1.29 is 12.8 Å². The molecule has 2 aromatic rings. The van der Waals surface area contributed by atoms with Crippen LogP contribution < -0.4 is 4.72 Å². The van der Waals surface area contributed by atoms with Crippen molar-refractivity contribution in [1.29, 1.82) is 0 Å². The standard InChI is InChI=1S/C11H10Cl2FN3O2S/c1-2-6-5-9(16-15-6)17-20(18,19)8-4-3-7(12)11(14)10(8)13/h3-5H,2H2,1H3,(H2,15,16,17). The van der Waals surface area contributed by atoms with E-state index in [9.17, 15) is 12.8 Å². The molecule has 0 fully saturated rings. The zero-order valence-corrected chi connectivity index (χ0v) is 12.6. The first-order valence-corrected chi connectivity index (χ1v) is 7.79. The summed E-state index contributed by atoms with van der Waals surface area (Å²) in [5.74, 6) is -0.874. The van der Waals surface area contributed by atoms with Gasteiger partial charge in [-0.05, 0) is 18.6 Å². The Labute approximate surface area is 125 Å². The van der Waals surface area contributed by atoms with Gasteiger partial charge < -0.3 is 0 Å². The van der Waals surface area contributed by atoms with Crippen molar-refractivity contribution in [2.75, 3.05) is 4.72 Å². The van der Waals surface area contributed by atoms with Crippen LogP contribution in [-0.4, -0.2) is 18.6 Å². The van der Waals surface area contributed by atoms with Gasteiger partial charge in [-0.1, -0.05) is 30.1 Å². The Kier molecular flexibility index (Phi) is 4.22. The number of sulfonamides is 1. The van der Waals surface area contributed by atoms with Gasteiger partial charge in [0, 0.05) is 11.8 Å². The van der Waals surface area contributed by atoms with Crippen molar-refractivity contribution >= 4 is 39.0 Å². The molecule has 108 valence electrons. The molecule has 0 aliphatic rings. The molecular weight excluding hydrogens is 328 g/mol. The van der Waals surface area contributed by atoms with E-state index in [1.54, 1.807) is 0 Å². The molecule has 9 heteroatoms. The molecule has 1 aromatic heterocycles. The van der Waals surface area contributed by atoms with Gasteiger partial charge in [0.15, 0.2) is 11.6 Å². The molecule has 0 radical (unpaired) electrons. The predicted octanol–water partition coefficient (Wildman–Crippen LogP) is 3.22. The van der Waals surface area contributed by atoms with E-state index in [1.807, 2.05) is 6.92 Å². The zero-order valence-electron chi connectivity index (χ0n) is 10.2. The molecule has 1 aromatic carbocycles. The van der Waals surface area contributed by atoms with Crippen LogP contribution in [0, 0.1) is 5.82 Å². The average molecular weight is 338 g/mol. The topological polar surface area (TPSA) is 74.8 Å². The Bertz CT molecular complexity index is 746. The predicted molar refractivity (Wildman–Crippen MR) is 75.2 cm³/mol. The molecule has 0 saturated carbocycles. The molecule has 0 saturated heterocycles. The van der Waals surface area contributed by atoms with Crippen molar-refractivity contribution in [1.82, 2.24) is 10.2 Å². The van der Waals surface area contributed by atoms with Gasteiger partial charge in [-0.2, -0.15) is 5.10 Å². The summed E-state index contributed by atoms with van der Waals surface area (Å²) in [6, 6.07) is 3.79. The summed E-state index contributed by atoms with van der Waals surface area (Å²) < 4.78 is 40.0. The van der Waals surface area contributed by atoms with Crippen LogP contribution in [0.3, 0.4) is 0 Å². The molecule has 2 rings (SSSR count). The van der Waals surface area contributed by atoms with Gasteiger partial charge in [-0.25, -0.2) is 12.8 Å². The lowest BCUT2D eigenvalue weighted by atomic mass is 10.3. The number of aromatic nitrogens is 2. The Balaban J connectivity index is 2.38. The number of halogens is 3. The van der Waals surface area contributed by atoms with Crippen LogP contribution in [0.4, 0.5) is 10.2 Å². The van der Waals surface area contributed by atoms with Crippen molar-refractivity contribution in [2.24, 2.45) is 0 Å². The lowest BCUT2D eigenvalue weighted by Crippen LogP contribution is -2.14. The van der Waals surface area contributed by atoms with E-state index in [1.165, 1.54) is 6.07 Å². The van der Waals surface area contributed by atoms with E-state index in [-0.39, 0.29) is 10.8 Å². The molecule has 1 heterocycles. The van der Waals surface area contributed by atoms with Gasteiger partial charge in [-0.3, -0.25) is 9.82 Å². The van der Waals surface area contributed by atoms with Crippen LogP contribution >= 0.6 is 23.2 Å². The second kappa shape index (κ2) is 5.59. The van der Waals surface area contributed by atoms with Gasteiger partial charge >= 0.3 is 0 Å². The Morgan fingerprint density at radius 1 is 1.40 bits per heavy atom. The van der Waals surface area contributed by atoms with E-state index in [0.29, 0.717) is 6.42 Å². The first-order chi connectivity index (χ1) is 9.35. The minimum Gasteiger partial charge on any atom is -0.280 e. The molecule has 2 N–H and O–H groups in total. The van der Waals surface area contributed by atoms with Crippen molar-refractivity contribution in [2.45, 2.75) is 18.2 Å². The third-order valence-electron chi connectivity index (χ3n) is 2.54. The first kappa shape index (κ1) is 15.1. The minimum atomic E-state index is -4.04. The maximum Gasteiger partial charge on any atom is 0.264 e. The van der Waals surface area contributed by atoms with Crippen LogP contribution in [0.2, 0.25) is 10.0 Å². The number of H-pyrrole nitrogens is 1. The number of rotatable bonds is 4. The molecule has 5 nitrogen and oxygen atoms in total. The van der Waals surface area contributed by atoms with Crippen molar-refractivity contribution in [3.63, 3.8) is 0 Å². The highest BCUT2D eigenvalue weighted by molar-refractivity contribution is 7.92. The van der Waals surface area contributed by atoms with Gasteiger partial charge in [0.2, 0.25) is 0 Å². The summed E-state index contributed by atoms with van der Waals surface area (Å²) in [5.41, 5.74) is 0.760. The molecule has 0 aliphatic carbocycles. The Morgan fingerprint density at radius 2 is 2.10 bits per heavy atom. The van der Waals surface area contributed by atoms with Crippen LogP contribution in [0.1, 0.15) is 12.6 Å². The smallest absolute Gasteiger partial charge is 0.264 e. The van der Waals surface area contributed by atoms with Crippen molar-refractivity contribution in [3.8, 4) is 0 Å². The number of hydrogen-bond acceptors (Lipinski definition) is 3. The van der Waals surface area contributed by atoms with Gasteiger partial charge in [0.1, 0.15) is 4.90 Å². The SMILES string of the molecule is CCc1cc(NS(=O)(=O)c2ccc(Cl)c(F)c2Cl)n[nH]1. The third kappa shape index (κ3) is 2.89. The lowest BCUT2D eigenvalue weighted by Gasteiger charge is -2.08. The zero-order chi connectivity index (χ0) is 14.9. The van der Waals surface area contributed by atoms with Crippen LogP contribution in [0.25, 0.3) is 0 Å². The van der Waals surface area contributed by atoms with Crippen LogP contribution in [0.15, 0.2) is 23.1 Å². The Hall–Kier alpha value is -1.31. The summed E-state index contributed by atoms with van der Waals surface area (Å²) in [5, 5.41) is 5.64. The second-order valence-corrected chi connectivity index (χ2v) is 6.35. The maximum absolute atomic E-state index is 13.5. The summed E-state index contributed by atoms with van der Waals surface area (Å²) in [4.78, 5) is -0.401. The number of benzene rings is 1. The molecule has 0 bridgehead atoms. The van der Waals surface area contributed by atoms with E-state index in [2.05, 4.69) is 14.9 Å².